The molecular formula is C68H91NO8. The predicted octanol–water partition coefficient (Wildman–Crippen LogP) is 15.1. The molecular weight excluding hydrogens is 959 g/mol. The van der Waals surface area contributed by atoms with E-state index < -0.39 is 5.97 Å². The van der Waals surface area contributed by atoms with Crippen LogP contribution in [-0.2, 0) is 51.2 Å². The number of ether oxygens (including phenoxy) is 5. The van der Waals surface area contributed by atoms with E-state index in [1.807, 2.05) is 0 Å². The molecule has 0 aliphatic heterocycles. The first-order chi connectivity index (χ1) is 36.7. The van der Waals surface area contributed by atoms with Crippen molar-refractivity contribution in [2.45, 2.75) is 192 Å². The molecule has 0 spiro atoms. The molecule has 2 aliphatic rings. The van der Waals surface area contributed by atoms with Gasteiger partial charge in [-0.05, 0) is 170 Å². The van der Waals surface area contributed by atoms with Crippen molar-refractivity contribution in [3.05, 3.63) is 148 Å². The van der Waals surface area contributed by atoms with Crippen molar-refractivity contribution in [3.8, 4) is 28.0 Å². The first-order valence-electron chi connectivity index (χ1n) is 28.8. The first kappa shape index (κ1) is 59.3. The monoisotopic (exact) mass is 1050 g/mol. The fraction of sp³-hybridized carbons (Fsp3) is 0.529. The molecule has 0 radical (unpaired) electrons. The highest BCUT2D eigenvalue weighted by atomic mass is 16.5. The molecule has 77 heavy (non-hydrogen) atoms. The fourth-order valence-corrected chi connectivity index (χ4v) is 11.7. The van der Waals surface area contributed by atoms with Gasteiger partial charge in [0.25, 0.3) is 0 Å². The number of hydrogen-bond acceptors (Lipinski definition) is 7. The second kappa shape index (κ2) is 25.6. The summed E-state index contributed by atoms with van der Waals surface area (Å²) in [6.07, 6.45) is 9.71. The summed E-state index contributed by atoms with van der Waals surface area (Å²) in [5.41, 5.74) is 14.5. The lowest BCUT2D eigenvalue weighted by molar-refractivity contribution is -0.138. The summed E-state index contributed by atoms with van der Waals surface area (Å²) in [6, 6.07) is 39.3. The number of rotatable bonds is 31. The number of hydrogen-bond donors (Lipinski definition) is 2. The molecule has 1 amide bonds. The smallest absolute Gasteiger partial charge is 0.303 e. The van der Waals surface area contributed by atoms with Gasteiger partial charge in [0, 0.05) is 43.4 Å². The Hall–Kier alpha value is -5.32. The van der Waals surface area contributed by atoms with Crippen LogP contribution in [0.1, 0.15) is 191 Å². The SMILES string of the molecule is CCC(COC(C)(CC)CCC1(CCCC(C)(CC)OCC(C)OC)c2cc(C(C)(C)c3ccc(OCCCCNC(=O)CCC(=O)O)cc3)ccc2-c2ccc(C(C)(C)c3ccc4c(c3)Cc3ccccc3-4)cc21)OC. The standard InChI is InChI=1S/C68H91NO8/c1-13-54(74-12)46-77-67(10,15-3)37-38-68(36-20-35-66(9,14-2)76-45-47(4)73-11)60-43-52(64(5,6)50-23-28-55(29-24-50)75-40-19-18-39-69-62(70)33-34-63(71)72)26-31-58(60)59-32-27-53(44-61(59)68)65(7,8)51-25-30-57-49(42-51)41-48-21-16-17-22-56(48)57/h16-17,21-32,42-44,47,54H,13-15,18-20,33-41,45-46H2,1-12H3,(H,69,70)(H,71,72). The average Bonchev–Trinajstić information content (AvgIpc) is 4.03. The third kappa shape index (κ3) is 13.8. The lowest BCUT2D eigenvalue weighted by atomic mass is 9.66. The molecule has 0 heterocycles. The van der Waals surface area contributed by atoms with Crippen molar-refractivity contribution in [2.75, 3.05) is 40.6 Å². The number of carbonyl (C=O) groups is 2. The topological polar surface area (TPSA) is 113 Å². The molecule has 5 unspecified atom stereocenters. The summed E-state index contributed by atoms with van der Waals surface area (Å²) in [5, 5.41) is 11.7. The summed E-state index contributed by atoms with van der Waals surface area (Å²) in [7, 11) is 3.55. The van der Waals surface area contributed by atoms with Crippen molar-refractivity contribution in [2.24, 2.45) is 0 Å². The van der Waals surface area contributed by atoms with Crippen LogP contribution in [0.5, 0.6) is 5.75 Å². The molecule has 0 saturated carbocycles. The molecule has 9 nitrogen and oxygen atoms in total. The van der Waals surface area contributed by atoms with Gasteiger partial charge in [0.2, 0.25) is 5.91 Å². The van der Waals surface area contributed by atoms with Crippen LogP contribution in [0.25, 0.3) is 22.3 Å². The van der Waals surface area contributed by atoms with Gasteiger partial charge in [-0.2, -0.15) is 0 Å². The lowest BCUT2D eigenvalue weighted by Gasteiger charge is -2.39. The number of benzene rings is 5. The van der Waals surface area contributed by atoms with Crippen LogP contribution in [0.4, 0.5) is 0 Å². The number of carboxylic acids is 1. The normalized spacial score (nSPS) is 17.1. The molecule has 2 aliphatic carbocycles. The Labute approximate surface area is 462 Å². The van der Waals surface area contributed by atoms with Crippen molar-refractivity contribution >= 4 is 11.9 Å². The lowest BCUT2D eigenvalue weighted by Crippen LogP contribution is -2.37. The van der Waals surface area contributed by atoms with Crippen LogP contribution >= 0.6 is 0 Å². The largest absolute Gasteiger partial charge is 0.494 e. The molecule has 9 heteroatoms. The van der Waals surface area contributed by atoms with Gasteiger partial charge in [-0.1, -0.05) is 139 Å². The molecule has 0 fully saturated rings. The van der Waals surface area contributed by atoms with E-state index in [1.54, 1.807) is 14.2 Å². The molecule has 0 bridgehead atoms. The Morgan fingerprint density at radius 3 is 1.81 bits per heavy atom. The van der Waals surface area contributed by atoms with E-state index in [0.717, 1.165) is 76.4 Å². The summed E-state index contributed by atoms with van der Waals surface area (Å²) < 4.78 is 31.3. The van der Waals surface area contributed by atoms with Crippen molar-refractivity contribution in [1.29, 1.82) is 0 Å². The van der Waals surface area contributed by atoms with Gasteiger partial charge in [-0.25, -0.2) is 0 Å². The van der Waals surface area contributed by atoms with Gasteiger partial charge in [0.05, 0.1) is 49.7 Å². The van der Waals surface area contributed by atoms with E-state index >= 15 is 0 Å². The number of amides is 1. The highest BCUT2D eigenvalue weighted by Gasteiger charge is 2.46. The fourth-order valence-electron chi connectivity index (χ4n) is 11.7. The zero-order valence-corrected chi connectivity index (χ0v) is 48.8. The number of nitrogens with one attached hydrogen (secondary N) is 1. The minimum Gasteiger partial charge on any atom is -0.494 e. The number of unbranched alkanes of at least 4 members (excludes halogenated alkanes) is 1. The number of carbonyl (C=O) groups excluding carboxylic acids is 1. The van der Waals surface area contributed by atoms with Crippen LogP contribution in [0.3, 0.4) is 0 Å². The van der Waals surface area contributed by atoms with Crippen LogP contribution < -0.4 is 10.1 Å². The molecule has 5 aromatic rings. The maximum atomic E-state index is 11.9. The average molecular weight is 1050 g/mol. The Morgan fingerprint density at radius 1 is 0.623 bits per heavy atom. The zero-order valence-electron chi connectivity index (χ0n) is 48.8. The maximum Gasteiger partial charge on any atom is 0.303 e. The molecule has 0 aromatic heterocycles. The van der Waals surface area contributed by atoms with Gasteiger partial charge in [-0.15, -0.1) is 0 Å². The van der Waals surface area contributed by atoms with Crippen molar-refractivity contribution in [1.82, 2.24) is 5.32 Å². The molecule has 2 N–H and O–H groups in total. The van der Waals surface area contributed by atoms with Gasteiger partial charge in [0.1, 0.15) is 5.75 Å². The molecule has 7 rings (SSSR count). The third-order valence-corrected chi connectivity index (χ3v) is 18.0. The Bertz CT molecular complexity index is 2780. The number of fused-ring (bicyclic) bond motifs is 6. The second-order valence-electron chi connectivity index (χ2n) is 23.8. The van der Waals surface area contributed by atoms with E-state index in [0.29, 0.717) is 26.4 Å². The summed E-state index contributed by atoms with van der Waals surface area (Å²) >= 11 is 0. The maximum absolute atomic E-state index is 11.9. The second-order valence-corrected chi connectivity index (χ2v) is 23.8. The van der Waals surface area contributed by atoms with Crippen LogP contribution in [0, 0.1) is 0 Å². The first-order valence-corrected chi connectivity index (χ1v) is 28.8. The van der Waals surface area contributed by atoms with E-state index in [9.17, 15) is 9.59 Å². The Morgan fingerprint density at radius 2 is 1.19 bits per heavy atom. The Balaban J connectivity index is 1.26. The quantitative estimate of drug-likeness (QED) is 0.0414. The van der Waals surface area contributed by atoms with E-state index in [2.05, 4.69) is 178 Å². The summed E-state index contributed by atoms with van der Waals surface area (Å²) in [6.45, 7) is 25.0. The molecule has 5 aromatic carbocycles. The van der Waals surface area contributed by atoms with Crippen LogP contribution in [0.2, 0.25) is 0 Å². The third-order valence-electron chi connectivity index (χ3n) is 18.0. The zero-order chi connectivity index (χ0) is 55.6. The molecule has 5 atom stereocenters. The highest BCUT2D eigenvalue weighted by molar-refractivity contribution is 5.83. The molecule has 0 saturated heterocycles. The molecule has 416 valence electrons. The number of aliphatic carboxylic acids is 1. The van der Waals surface area contributed by atoms with Crippen molar-refractivity contribution < 1.29 is 38.4 Å². The van der Waals surface area contributed by atoms with E-state index in [4.69, 9.17) is 28.8 Å². The Kier molecular flexibility index (Phi) is 19.8. The predicted molar refractivity (Wildman–Crippen MR) is 313 cm³/mol. The highest BCUT2D eigenvalue weighted by Crippen LogP contribution is 2.57. The van der Waals surface area contributed by atoms with Crippen molar-refractivity contribution in [3.63, 3.8) is 0 Å². The van der Waals surface area contributed by atoms with Gasteiger partial charge in [0.15, 0.2) is 0 Å². The van der Waals surface area contributed by atoms with Gasteiger partial charge < -0.3 is 34.1 Å². The van der Waals surface area contributed by atoms with Crippen LogP contribution in [-0.4, -0.2) is 81.0 Å². The van der Waals surface area contributed by atoms with Crippen LogP contribution in [0.15, 0.2) is 103 Å². The summed E-state index contributed by atoms with van der Waals surface area (Å²) in [5.74, 6) is -0.402. The minimum absolute atomic E-state index is 0.00596. The van der Waals surface area contributed by atoms with E-state index in [1.165, 1.54) is 66.8 Å². The van der Waals surface area contributed by atoms with E-state index in [-0.39, 0.29) is 58.4 Å². The minimum atomic E-state index is -0.969. The number of methoxy groups -OCH3 is 2. The van der Waals surface area contributed by atoms with Gasteiger partial charge >= 0.3 is 5.97 Å². The number of carboxylic acid groups (broad SMARTS) is 1. The van der Waals surface area contributed by atoms with Gasteiger partial charge in [-0.3, -0.25) is 9.59 Å². The summed E-state index contributed by atoms with van der Waals surface area (Å²) in [4.78, 5) is 22.8.